The third kappa shape index (κ3) is 7.02. The van der Waals surface area contributed by atoms with E-state index < -0.39 is 6.04 Å². The van der Waals surface area contributed by atoms with Crippen molar-refractivity contribution in [3.8, 4) is 34.2 Å². The van der Waals surface area contributed by atoms with E-state index in [9.17, 15) is 19.2 Å². The Morgan fingerprint density at radius 1 is 0.962 bits per heavy atom. The molecule has 3 aromatic heterocycles. The first kappa shape index (κ1) is 34.8. The average molecular weight is 703 g/mol. The molecular weight excluding hydrogens is 665 g/mol. The molecule has 1 fully saturated rings. The van der Waals surface area contributed by atoms with E-state index in [0.29, 0.717) is 18.4 Å². The van der Waals surface area contributed by atoms with E-state index in [1.807, 2.05) is 80.6 Å². The van der Waals surface area contributed by atoms with Crippen LogP contribution in [0.1, 0.15) is 46.9 Å². The lowest BCUT2D eigenvalue weighted by molar-refractivity contribution is -0.134. The van der Waals surface area contributed by atoms with Gasteiger partial charge in [-0.05, 0) is 90.4 Å². The molecule has 3 aromatic carbocycles. The fourth-order valence-electron chi connectivity index (χ4n) is 6.84. The maximum atomic E-state index is 12.9. The highest BCUT2D eigenvalue weighted by Gasteiger charge is 2.30. The lowest BCUT2D eigenvalue weighted by Crippen LogP contribution is -2.51. The van der Waals surface area contributed by atoms with Crippen molar-refractivity contribution in [2.45, 2.75) is 39.2 Å². The molecule has 0 radical (unpaired) electrons. The molecule has 3 amide bonds. The highest BCUT2D eigenvalue weighted by molar-refractivity contribution is 6.05. The second-order valence-electron chi connectivity index (χ2n) is 13.3. The molecule has 6 aromatic rings. The van der Waals surface area contributed by atoms with Crippen molar-refractivity contribution >= 4 is 45.1 Å². The molecule has 53 heavy (non-hydrogen) atoms. The van der Waals surface area contributed by atoms with Crippen LogP contribution in [0, 0.1) is 18.8 Å². The number of nitrogens with zero attached hydrogens (tertiary/aromatic N) is 4. The van der Waals surface area contributed by atoms with Crippen LogP contribution < -0.4 is 21.1 Å². The van der Waals surface area contributed by atoms with Crippen LogP contribution >= 0.6 is 0 Å². The number of likely N-dealkylation sites (N-methyl/N-ethyl adjacent to an activating group) is 1. The molecule has 4 heterocycles. The molecule has 1 aliphatic heterocycles. The number of rotatable bonds is 7. The number of aryl methyl sites for hydroxylation is 3. The Hall–Kier alpha value is -6.60. The van der Waals surface area contributed by atoms with Crippen molar-refractivity contribution in [1.29, 1.82) is 0 Å². The number of piperidine rings is 1. The van der Waals surface area contributed by atoms with Crippen molar-refractivity contribution in [1.82, 2.24) is 25.2 Å². The van der Waals surface area contributed by atoms with Gasteiger partial charge in [-0.3, -0.25) is 34.5 Å². The Bertz CT molecular complexity index is 2560. The first-order chi connectivity index (χ1) is 25.6. The Labute approximate surface area is 306 Å². The van der Waals surface area contributed by atoms with Gasteiger partial charge in [0.2, 0.25) is 11.8 Å². The maximum Gasteiger partial charge on any atom is 0.270 e. The van der Waals surface area contributed by atoms with Gasteiger partial charge in [0.05, 0.1) is 17.8 Å². The number of fused-ring (bicyclic) bond motifs is 2. The average Bonchev–Trinajstić information content (AvgIpc) is 3.18. The zero-order valence-corrected chi connectivity index (χ0v) is 30.0. The molecule has 10 nitrogen and oxygen atoms in total. The van der Waals surface area contributed by atoms with Crippen LogP contribution in [0.25, 0.3) is 44.1 Å². The van der Waals surface area contributed by atoms with Gasteiger partial charge in [0.15, 0.2) is 0 Å². The number of benzene rings is 3. The number of hydrogen-bond acceptors (Lipinski definition) is 7. The number of anilines is 1. The van der Waals surface area contributed by atoms with Crippen molar-refractivity contribution in [2.24, 2.45) is 7.05 Å². The van der Waals surface area contributed by atoms with E-state index in [-0.39, 0.29) is 35.5 Å². The number of hydrogen-bond donors (Lipinski definition) is 2. The molecule has 0 aliphatic carbocycles. The first-order valence-corrected chi connectivity index (χ1v) is 17.5. The van der Waals surface area contributed by atoms with E-state index in [0.717, 1.165) is 67.3 Å². The standard InChI is InChI=1S/C43H38N6O4/c1-5-27-21-33(34-19-26(2)43(53)49(4)39(34)22-27)32-13-7-11-29-23-37(46-25-35(29)32)30-14-15-36(45-24-30)41(51)44-18-8-10-28-9-6-12-31(20-28)48(3)38-16-17-40(50)47-42(38)52/h6-7,9,11-15,19-25,38H,5,16-18H2,1-4H3,(H,44,51)(H,47,50,52). The van der Waals surface area contributed by atoms with Crippen LogP contribution in [0.2, 0.25) is 0 Å². The van der Waals surface area contributed by atoms with Gasteiger partial charge in [0, 0.05) is 66.1 Å². The predicted molar refractivity (Wildman–Crippen MR) is 207 cm³/mol. The normalized spacial score (nSPS) is 14.1. The zero-order valence-electron chi connectivity index (χ0n) is 30.0. The molecule has 264 valence electrons. The molecule has 0 spiro atoms. The maximum absolute atomic E-state index is 12.9. The van der Waals surface area contributed by atoms with Crippen LogP contribution in [-0.2, 0) is 23.1 Å². The van der Waals surface area contributed by atoms with Crippen LogP contribution in [0.4, 0.5) is 5.69 Å². The van der Waals surface area contributed by atoms with Crippen molar-refractivity contribution in [2.75, 3.05) is 18.5 Å². The minimum absolute atomic E-state index is 0.00296. The molecule has 10 heteroatoms. The molecule has 0 saturated carbocycles. The SMILES string of the molecule is CCc1cc(-c2cccc3cc(-c4ccc(C(=O)NCC#Cc5cccc(N(C)C6CCC(=O)NC6=O)c5)nc4)ncc23)c2cc(C)c(=O)n(C)c2c1. The second kappa shape index (κ2) is 14.6. The topological polar surface area (TPSA) is 126 Å². The van der Waals surface area contributed by atoms with E-state index in [1.165, 1.54) is 0 Å². The molecular formula is C43H38N6O4. The van der Waals surface area contributed by atoms with Crippen LogP contribution in [0.3, 0.4) is 0 Å². The van der Waals surface area contributed by atoms with Crippen LogP contribution in [-0.4, -0.2) is 51.9 Å². The number of nitrogens with one attached hydrogen (secondary N) is 2. The van der Waals surface area contributed by atoms with Crippen molar-refractivity contribution < 1.29 is 14.4 Å². The van der Waals surface area contributed by atoms with Gasteiger partial charge in [-0.25, -0.2) is 0 Å². The molecule has 2 N–H and O–H groups in total. The van der Waals surface area contributed by atoms with Crippen LogP contribution in [0.5, 0.6) is 0 Å². The third-order valence-electron chi connectivity index (χ3n) is 9.84. The summed E-state index contributed by atoms with van der Waals surface area (Å²) in [4.78, 5) is 60.5. The summed E-state index contributed by atoms with van der Waals surface area (Å²) in [6, 6.07) is 25.0. The smallest absolute Gasteiger partial charge is 0.270 e. The number of carbonyl (C=O) groups is 3. The summed E-state index contributed by atoms with van der Waals surface area (Å²) >= 11 is 0. The first-order valence-electron chi connectivity index (χ1n) is 17.5. The summed E-state index contributed by atoms with van der Waals surface area (Å²) < 4.78 is 1.73. The molecule has 1 atom stereocenters. The lowest BCUT2D eigenvalue weighted by Gasteiger charge is -2.31. The fourth-order valence-corrected chi connectivity index (χ4v) is 6.84. The van der Waals surface area contributed by atoms with Gasteiger partial charge in [-0.15, -0.1) is 0 Å². The van der Waals surface area contributed by atoms with Gasteiger partial charge in [-0.2, -0.15) is 0 Å². The van der Waals surface area contributed by atoms with Crippen molar-refractivity contribution in [3.05, 3.63) is 124 Å². The predicted octanol–water partition coefficient (Wildman–Crippen LogP) is 5.71. The highest BCUT2D eigenvalue weighted by Crippen LogP contribution is 2.36. The Morgan fingerprint density at radius 3 is 2.57 bits per heavy atom. The van der Waals surface area contributed by atoms with E-state index in [1.54, 1.807) is 16.8 Å². The van der Waals surface area contributed by atoms with E-state index >= 15 is 0 Å². The molecule has 1 saturated heterocycles. The van der Waals surface area contributed by atoms with Gasteiger partial charge < -0.3 is 14.8 Å². The van der Waals surface area contributed by atoms with Crippen molar-refractivity contribution in [3.63, 3.8) is 0 Å². The summed E-state index contributed by atoms with van der Waals surface area (Å²) in [7, 11) is 3.64. The fraction of sp³-hybridized carbons (Fsp3) is 0.209. The minimum atomic E-state index is -0.433. The summed E-state index contributed by atoms with van der Waals surface area (Å²) in [5.41, 5.74) is 8.17. The number of pyridine rings is 3. The third-order valence-corrected chi connectivity index (χ3v) is 9.84. The monoisotopic (exact) mass is 702 g/mol. The summed E-state index contributed by atoms with van der Waals surface area (Å²) in [6.07, 6.45) is 5.12. The molecule has 0 bridgehead atoms. The van der Waals surface area contributed by atoms with Gasteiger partial charge >= 0.3 is 0 Å². The Morgan fingerprint density at radius 2 is 1.79 bits per heavy atom. The van der Waals surface area contributed by atoms with Gasteiger partial charge in [0.25, 0.3) is 11.5 Å². The summed E-state index contributed by atoms with van der Waals surface area (Å²) in [5, 5.41) is 8.22. The summed E-state index contributed by atoms with van der Waals surface area (Å²) in [6.45, 7) is 4.08. The zero-order chi connectivity index (χ0) is 37.2. The number of aromatic nitrogens is 3. The number of amides is 3. The molecule has 1 unspecified atom stereocenters. The van der Waals surface area contributed by atoms with E-state index in [4.69, 9.17) is 4.98 Å². The quantitative estimate of drug-likeness (QED) is 0.161. The van der Waals surface area contributed by atoms with Gasteiger partial charge in [-0.1, -0.05) is 49.1 Å². The van der Waals surface area contributed by atoms with E-state index in [2.05, 4.69) is 58.6 Å². The molecule has 7 rings (SSSR count). The van der Waals surface area contributed by atoms with Crippen LogP contribution in [0.15, 0.2) is 96.1 Å². The Balaban J connectivity index is 1.05. The second-order valence-corrected chi connectivity index (χ2v) is 13.3. The lowest BCUT2D eigenvalue weighted by atomic mass is 9.93. The largest absolute Gasteiger partial charge is 0.363 e. The number of carbonyl (C=O) groups excluding carboxylic acids is 3. The minimum Gasteiger partial charge on any atom is -0.363 e. The molecule has 1 aliphatic rings. The highest BCUT2D eigenvalue weighted by atomic mass is 16.2. The van der Waals surface area contributed by atoms with Gasteiger partial charge in [0.1, 0.15) is 11.7 Å². The number of imide groups is 1. The summed E-state index contributed by atoms with van der Waals surface area (Å²) in [5.74, 6) is 5.14. The Kier molecular flexibility index (Phi) is 9.57.